The van der Waals surface area contributed by atoms with Crippen LogP contribution in [0.2, 0.25) is 0 Å². The van der Waals surface area contributed by atoms with Crippen LogP contribution in [0.4, 0.5) is 0 Å². The molecule has 1 fully saturated rings. The zero-order valence-corrected chi connectivity index (χ0v) is 11.5. The van der Waals surface area contributed by atoms with Gasteiger partial charge in [0.2, 0.25) is 0 Å². The largest absolute Gasteiger partial charge is 0.391 e. The van der Waals surface area contributed by atoms with Gasteiger partial charge in [0.25, 0.3) is 5.91 Å². The lowest BCUT2D eigenvalue weighted by Crippen LogP contribution is -2.30. The lowest BCUT2D eigenvalue weighted by atomic mass is 10.1. The molecule has 0 saturated carbocycles. The summed E-state index contributed by atoms with van der Waals surface area (Å²) >= 11 is 0. The zero-order valence-electron chi connectivity index (χ0n) is 11.5. The van der Waals surface area contributed by atoms with Gasteiger partial charge in [0.05, 0.1) is 11.6 Å². The molecule has 2 rings (SSSR count). The number of aliphatic hydroxyl groups is 1. The predicted molar refractivity (Wildman–Crippen MR) is 68.5 cm³/mol. The van der Waals surface area contributed by atoms with Crippen LogP contribution in [-0.2, 0) is 5.54 Å². The number of carbonyl (C=O) groups excluding carboxylic acids is 1. The highest BCUT2D eigenvalue weighted by atomic mass is 16.3. The average Bonchev–Trinajstić information content (AvgIpc) is 2.82. The van der Waals surface area contributed by atoms with Gasteiger partial charge in [-0.05, 0) is 40.2 Å². The Kier molecular flexibility index (Phi) is 3.19. The molecular formula is C13H21N3O2. The minimum atomic E-state index is -0.389. The number of rotatable bonds is 1. The molecule has 2 heterocycles. The van der Waals surface area contributed by atoms with Crippen LogP contribution in [0.1, 0.15) is 43.4 Å². The van der Waals surface area contributed by atoms with Crippen LogP contribution in [0.15, 0.2) is 6.07 Å². The van der Waals surface area contributed by atoms with Gasteiger partial charge in [-0.25, -0.2) is 0 Å². The number of aromatic nitrogens is 2. The maximum atomic E-state index is 12.2. The lowest BCUT2D eigenvalue weighted by Gasteiger charge is -2.21. The van der Waals surface area contributed by atoms with Crippen molar-refractivity contribution in [2.75, 3.05) is 13.1 Å². The molecule has 5 heteroatoms. The van der Waals surface area contributed by atoms with E-state index in [-0.39, 0.29) is 17.6 Å². The Hall–Kier alpha value is -1.36. The molecule has 1 aliphatic rings. The van der Waals surface area contributed by atoms with Crippen molar-refractivity contribution in [1.29, 1.82) is 0 Å². The molecule has 0 aromatic carbocycles. The molecule has 0 bridgehead atoms. The molecule has 1 N–H and O–H groups in total. The molecule has 0 aliphatic carbocycles. The highest BCUT2D eigenvalue weighted by Gasteiger charge is 2.28. The molecule has 1 amide bonds. The summed E-state index contributed by atoms with van der Waals surface area (Å²) in [6, 6.07) is 1.82. The van der Waals surface area contributed by atoms with Gasteiger partial charge in [-0.15, -0.1) is 0 Å². The van der Waals surface area contributed by atoms with E-state index < -0.39 is 0 Å². The van der Waals surface area contributed by atoms with E-state index in [1.165, 1.54) is 0 Å². The SMILES string of the molecule is Cc1cc(C(=O)N2CC[C@@H](O)C2)nn1C(C)(C)C. The average molecular weight is 251 g/mol. The normalized spacial score (nSPS) is 20.5. The van der Waals surface area contributed by atoms with Crippen molar-refractivity contribution >= 4 is 5.91 Å². The van der Waals surface area contributed by atoms with Crippen molar-refractivity contribution in [2.24, 2.45) is 0 Å². The highest BCUT2D eigenvalue weighted by Crippen LogP contribution is 2.19. The Balaban J connectivity index is 2.22. The van der Waals surface area contributed by atoms with E-state index in [1.54, 1.807) is 4.90 Å². The molecule has 0 unspecified atom stereocenters. The van der Waals surface area contributed by atoms with Crippen molar-refractivity contribution in [1.82, 2.24) is 14.7 Å². The topological polar surface area (TPSA) is 58.4 Å². The van der Waals surface area contributed by atoms with E-state index in [9.17, 15) is 9.90 Å². The monoisotopic (exact) mass is 251 g/mol. The highest BCUT2D eigenvalue weighted by molar-refractivity contribution is 5.92. The number of aryl methyl sites for hydroxylation is 1. The molecule has 0 radical (unpaired) electrons. The summed E-state index contributed by atoms with van der Waals surface area (Å²) < 4.78 is 1.87. The third kappa shape index (κ3) is 2.41. The first-order valence-corrected chi connectivity index (χ1v) is 6.33. The zero-order chi connectivity index (χ0) is 13.5. The molecule has 1 atom stereocenters. The van der Waals surface area contributed by atoms with Crippen LogP contribution >= 0.6 is 0 Å². The first-order chi connectivity index (χ1) is 8.29. The molecule has 1 aromatic rings. The number of β-amino-alcohol motifs (C(OH)–C–C–N with tert-alkyl or cyclic N) is 1. The Bertz CT molecular complexity index is 459. The first kappa shape index (κ1) is 13.1. The van der Waals surface area contributed by atoms with Gasteiger partial charge < -0.3 is 10.0 Å². The molecule has 0 spiro atoms. The van der Waals surface area contributed by atoms with Crippen LogP contribution in [0.25, 0.3) is 0 Å². The summed E-state index contributed by atoms with van der Waals surface area (Å²) in [5.74, 6) is -0.0855. The van der Waals surface area contributed by atoms with Crippen LogP contribution < -0.4 is 0 Å². The van der Waals surface area contributed by atoms with Crippen molar-refractivity contribution in [3.63, 3.8) is 0 Å². The second kappa shape index (κ2) is 4.39. The third-order valence-electron chi connectivity index (χ3n) is 3.19. The fourth-order valence-electron chi connectivity index (χ4n) is 2.35. The quantitative estimate of drug-likeness (QED) is 0.814. The maximum Gasteiger partial charge on any atom is 0.274 e. The van der Waals surface area contributed by atoms with Gasteiger partial charge in [0.1, 0.15) is 0 Å². The van der Waals surface area contributed by atoms with Gasteiger partial charge in [0.15, 0.2) is 5.69 Å². The van der Waals surface area contributed by atoms with E-state index in [4.69, 9.17) is 0 Å². The molecule has 1 aromatic heterocycles. The number of amides is 1. The Morgan fingerprint density at radius 3 is 2.61 bits per heavy atom. The Labute approximate surface area is 107 Å². The summed E-state index contributed by atoms with van der Waals surface area (Å²) in [5.41, 5.74) is 1.31. The van der Waals surface area contributed by atoms with Gasteiger partial charge in [0, 0.05) is 18.8 Å². The van der Waals surface area contributed by atoms with Gasteiger partial charge in [-0.3, -0.25) is 9.48 Å². The van der Waals surface area contributed by atoms with Crippen LogP contribution in [-0.4, -0.2) is 44.9 Å². The lowest BCUT2D eigenvalue weighted by molar-refractivity contribution is 0.0757. The smallest absolute Gasteiger partial charge is 0.274 e. The van der Waals surface area contributed by atoms with Gasteiger partial charge in [-0.1, -0.05) is 0 Å². The number of hydrogen-bond acceptors (Lipinski definition) is 3. The standard InChI is InChI=1S/C13H21N3O2/c1-9-7-11(14-16(9)13(2,3)4)12(18)15-6-5-10(17)8-15/h7,10,17H,5-6,8H2,1-4H3/t10-/m1/s1. The summed E-state index contributed by atoms with van der Waals surface area (Å²) in [4.78, 5) is 13.9. The number of nitrogens with zero attached hydrogens (tertiary/aromatic N) is 3. The third-order valence-corrected chi connectivity index (χ3v) is 3.19. The first-order valence-electron chi connectivity index (χ1n) is 6.33. The van der Waals surface area contributed by atoms with E-state index in [0.717, 1.165) is 5.69 Å². The van der Waals surface area contributed by atoms with Crippen LogP contribution in [0, 0.1) is 6.92 Å². The predicted octanol–water partition coefficient (Wildman–Crippen LogP) is 1.15. The Morgan fingerprint density at radius 2 is 2.17 bits per heavy atom. The van der Waals surface area contributed by atoms with Crippen molar-refractivity contribution in [3.05, 3.63) is 17.5 Å². The maximum absolute atomic E-state index is 12.2. The second-order valence-electron chi connectivity index (χ2n) is 5.95. The summed E-state index contributed by atoms with van der Waals surface area (Å²) in [6.45, 7) is 9.15. The van der Waals surface area contributed by atoms with Crippen molar-refractivity contribution in [2.45, 2.75) is 45.8 Å². The number of likely N-dealkylation sites (tertiary alicyclic amines) is 1. The number of carbonyl (C=O) groups is 1. The van der Waals surface area contributed by atoms with Gasteiger partial charge in [-0.2, -0.15) is 5.10 Å². The molecule has 100 valence electrons. The van der Waals surface area contributed by atoms with Crippen molar-refractivity contribution < 1.29 is 9.90 Å². The second-order valence-corrected chi connectivity index (χ2v) is 5.95. The molecule has 5 nitrogen and oxygen atoms in total. The van der Waals surface area contributed by atoms with Crippen molar-refractivity contribution in [3.8, 4) is 0 Å². The minimum Gasteiger partial charge on any atom is -0.391 e. The summed E-state index contributed by atoms with van der Waals surface area (Å²) in [5, 5.41) is 13.9. The van der Waals surface area contributed by atoms with E-state index in [2.05, 4.69) is 25.9 Å². The number of aliphatic hydroxyl groups excluding tert-OH is 1. The molecule has 18 heavy (non-hydrogen) atoms. The fraction of sp³-hybridized carbons (Fsp3) is 0.692. The fourth-order valence-corrected chi connectivity index (χ4v) is 2.35. The molecule has 1 aliphatic heterocycles. The van der Waals surface area contributed by atoms with E-state index in [1.807, 2.05) is 17.7 Å². The minimum absolute atomic E-state index is 0.0855. The Morgan fingerprint density at radius 1 is 1.50 bits per heavy atom. The molecule has 1 saturated heterocycles. The van der Waals surface area contributed by atoms with Gasteiger partial charge >= 0.3 is 0 Å². The number of hydrogen-bond donors (Lipinski definition) is 1. The van der Waals surface area contributed by atoms with Crippen LogP contribution in [0.5, 0.6) is 0 Å². The molecular weight excluding hydrogens is 230 g/mol. The summed E-state index contributed by atoms with van der Waals surface area (Å²) in [7, 11) is 0. The van der Waals surface area contributed by atoms with E-state index >= 15 is 0 Å². The van der Waals surface area contributed by atoms with E-state index in [0.29, 0.717) is 25.2 Å². The summed E-state index contributed by atoms with van der Waals surface area (Å²) in [6.07, 6.45) is 0.268. The van der Waals surface area contributed by atoms with Crippen LogP contribution in [0.3, 0.4) is 0 Å².